The van der Waals surface area contributed by atoms with Crippen LogP contribution in [-0.4, -0.2) is 18.1 Å². The van der Waals surface area contributed by atoms with Crippen LogP contribution in [0.2, 0.25) is 0 Å². The molecular weight excluding hydrogens is 196 g/mol. The average molecular weight is 220 g/mol. The second kappa shape index (κ2) is 6.64. The molecule has 90 valence electrons. The first kappa shape index (κ1) is 13.2. The summed E-state index contributed by atoms with van der Waals surface area (Å²) in [6.45, 7) is 6.80. The Balaban J connectivity index is 2.80. The van der Waals surface area contributed by atoms with Crippen molar-refractivity contribution in [3.05, 3.63) is 30.1 Å². The van der Waals surface area contributed by atoms with Gasteiger partial charge in [0.25, 0.3) is 0 Å². The zero-order valence-corrected chi connectivity index (χ0v) is 10.9. The SMILES string of the molecule is CCC(CC)C(NC)C(C)c1ccccn1. The van der Waals surface area contributed by atoms with Gasteiger partial charge in [-0.3, -0.25) is 4.98 Å². The molecule has 0 bridgehead atoms. The highest BCUT2D eigenvalue weighted by atomic mass is 14.9. The molecule has 0 amide bonds. The number of nitrogens with zero attached hydrogens (tertiary/aromatic N) is 1. The van der Waals surface area contributed by atoms with Crippen LogP contribution < -0.4 is 5.32 Å². The highest BCUT2D eigenvalue weighted by molar-refractivity contribution is 5.11. The Hall–Kier alpha value is -0.890. The van der Waals surface area contributed by atoms with Crippen LogP contribution >= 0.6 is 0 Å². The maximum absolute atomic E-state index is 4.46. The van der Waals surface area contributed by atoms with E-state index in [1.165, 1.54) is 18.5 Å². The Kier molecular flexibility index (Phi) is 5.47. The van der Waals surface area contributed by atoms with Crippen LogP contribution in [0.15, 0.2) is 24.4 Å². The van der Waals surface area contributed by atoms with Crippen LogP contribution in [0.3, 0.4) is 0 Å². The van der Waals surface area contributed by atoms with Crippen molar-refractivity contribution in [2.45, 2.75) is 45.6 Å². The molecule has 2 unspecified atom stereocenters. The van der Waals surface area contributed by atoms with Crippen LogP contribution in [0, 0.1) is 5.92 Å². The number of aromatic nitrogens is 1. The molecule has 1 aromatic rings. The van der Waals surface area contributed by atoms with E-state index in [0.29, 0.717) is 12.0 Å². The monoisotopic (exact) mass is 220 g/mol. The first-order chi connectivity index (χ1) is 7.74. The lowest BCUT2D eigenvalue weighted by molar-refractivity contribution is 0.312. The summed E-state index contributed by atoms with van der Waals surface area (Å²) in [6.07, 6.45) is 4.32. The van der Waals surface area contributed by atoms with Crippen molar-refractivity contribution in [1.29, 1.82) is 0 Å². The van der Waals surface area contributed by atoms with Crippen LogP contribution in [0.5, 0.6) is 0 Å². The molecule has 16 heavy (non-hydrogen) atoms. The first-order valence-corrected chi connectivity index (χ1v) is 6.32. The summed E-state index contributed by atoms with van der Waals surface area (Å²) >= 11 is 0. The molecule has 0 aliphatic carbocycles. The highest BCUT2D eigenvalue weighted by Crippen LogP contribution is 2.25. The Labute approximate surface area is 99.5 Å². The average Bonchev–Trinajstić information content (AvgIpc) is 2.36. The van der Waals surface area contributed by atoms with E-state index in [1.807, 2.05) is 12.3 Å². The van der Waals surface area contributed by atoms with E-state index in [1.54, 1.807) is 0 Å². The fraction of sp³-hybridized carbons (Fsp3) is 0.643. The summed E-state index contributed by atoms with van der Waals surface area (Å²) in [5, 5.41) is 3.46. The molecule has 1 N–H and O–H groups in total. The third-order valence-electron chi connectivity index (χ3n) is 3.58. The molecule has 1 aromatic heterocycles. The Morgan fingerprint density at radius 3 is 2.38 bits per heavy atom. The molecule has 2 heteroatoms. The van der Waals surface area contributed by atoms with E-state index >= 15 is 0 Å². The minimum absolute atomic E-state index is 0.469. The lowest BCUT2D eigenvalue weighted by Gasteiger charge is -2.30. The lowest BCUT2D eigenvalue weighted by Crippen LogP contribution is -2.38. The van der Waals surface area contributed by atoms with Crippen molar-refractivity contribution in [1.82, 2.24) is 10.3 Å². The number of likely N-dealkylation sites (N-methyl/N-ethyl adjacent to an activating group) is 1. The number of hydrogen-bond donors (Lipinski definition) is 1. The molecule has 0 aromatic carbocycles. The topological polar surface area (TPSA) is 24.9 Å². The van der Waals surface area contributed by atoms with Crippen molar-refractivity contribution in [2.75, 3.05) is 7.05 Å². The van der Waals surface area contributed by atoms with Gasteiger partial charge >= 0.3 is 0 Å². The normalized spacial score (nSPS) is 15.1. The van der Waals surface area contributed by atoms with Gasteiger partial charge in [-0.15, -0.1) is 0 Å². The third kappa shape index (κ3) is 3.05. The third-order valence-corrected chi connectivity index (χ3v) is 3.58. The second-order valence-electron chi connectivity index (χ2n) is 4.43. The molecule has 0 aliphatic heterocycles. The Morgan fingerprint density at radius 2 is 1.94 bits per heavy atom. The van der Waals surface area contributed by atoms with Crippen molar-refractivity contribution >= 4 is 0 Å². The standard InChI is InChI=1S/C14H24N2/c1-5-12(6-2)14(15-4)11(3)13-9-7-8-10-16-13/h7-12,14-15H,5-6H2,1-4H3. The summed E-state index contributed by atoms with van der Waals surface area (Å²) in [5.41, 5.74) is 1.19. The molecule has 1 rings (SSSR count). The zero-order valence-electron chi connectivity index (χ0n) is 10.9. The molecule has 2 atom stereocenters. The van der Waals surface area contributed by atoms with Gasteiger partial charge in [0.2, 0.25) is 0 Å². The van der Waals surface area contributed by atoms with Gasteiger partial charge in [-0.2, -0.15) is 0 Å². The fourth-order valence-electron chi connectivity index (χ4n) is 2.52. The molecule has 1 heterocycles. The molecule has 2 nitrogen and oxygen atoms in total. The number of pyridine rings is 1. The van der Waals surface area contributed by atoms with Crippen molar-refractivity contribution < 1.29 is 0 Å². The molecule has 0 aliphatic rings. The summed E-state index contributed by atoms with van der Waals surface area (Å²) in [4.78, 5) is 4.46. The predicted octanol–water partition coefficient (Wildman–Crippen LogP) is 3.21. The summed E-state index contributed by atoms with van der Waals surface area (Å²) < 4.78 is 0. The van der Waals surface area contributed by atoms with Crippen LogP contribution in [-0.2, 0) is 0 Å². The van der Waals surface area contributed by atoms with Crippen molar-refractivity contribution in [3.8, 4) is 0 Å². The van der Waals surface area contributed by atoms with E-state index < -0.39 is 0 Å². The second-order valence-corrected chi connectivity index (χ2v) is 4.43. The van der Waals surface area contributed by atoms with Crippen molar-refractivity contribution in [2.24, 2.45) is 5.92 Å². The minimum atomic E-state index is 0.469. The van der Waals surface area contributed by atoms with Crippen LogP contribution in [0.4, 0.5) is 0 Å². The summed E-state index contributed by atoms with van der Waals surface area (Å²) in [5.74, 6) is 1.19. The molecule has 0 saturated heterocycles. The Morgan fingerprint density at radius 1 is 1.25 bits per heavy atom. The maximum Gasteiger partial charge on any atom is 0.0447 e. The van der Waals surface area contributed by atoms with Gasteiger partial charge in [0.05, 0.1) is 0 Å². The van der Waals surface area contributed by atoms with Gasteiger partial charge in [0.1, 0.15) is 0 Å². The number of hydrogen-bond acceptors (Lipinski definition) is 2. The quantitative estimate of drug-likeness (QED) is 0.796. The summed E-state index contributed by atoms with van der Waals surface area (Å²) in [7, 11) is 2.06. The van der Waals surface area contributed by atoms with Crippen LogP contribution in [0.1, 0.15) is 45.2 Å². The van der Waals surface area contributed by atoms with Crippen LogP contribution in [0.25, 0.3) is 0 Å². The fourth-order valence-corrected chi connectivity index (χ4v) is 2.52. The molecule has 0 radical (unpaired) electrons. The molecular formula is C14H24N2. The largest absolute Gasteiger partial charge is 0.316 e. The highest BCUT2D eigenvalue weighted by Gasteiger charge is 2.24. The molecule has 0 fully saturated rings. The minimum Gasteiger partial charge on any atom is -0.316 e. The number of rotatable bonds is 6. The molecule has 0 spiro atoms. The van der Waals surface area contributed by atoms with Gasteiger partial charge < -0.3 is 5.32 Å². The van der Waals surface area contributed by atoms with Gasteiger partial charge in [-0.25, -0.2) is 0 Å². The first-order valence-electron chi connectivity index (χ1n) is 6.32. The van der Waals surface area contributed by atoms with E-state index in [2.05, 4.69) is 50.3 Å². The molecule has 0 saturated carbocycles. The Bertz CT molecular complexity index is 280. The lowest BCUT2D eigenvalue weighted by atomic mass is 9.84. The zero-order chi connectivity index (χ0) is 12.0. The van der Waals surface area contributed by atoms with Gasteiger partial charge in [-0.05, 0) is 25.1 Å². The van der Waals surface area contributed by atoms with Crippen molar-refractivity contribution in [3.63, 3.8) is 0 Å². The number of nitrogens with one attached hydrogen (secondary N) is 1. The van der Waals surface area contributed by atoms with E-state index in [4.69, 9.17) is 0 Å². The smallest absolute Gasteiger partial charge is 0.0447 e. The van der Waals surface area contributed by atoms with E-state index in [0.717, 1.165) is 5.92 Å². The maximum atomic E-state index is 4.46. The predicted molar refractivity (Wildman–Crippen MR) is 69.6 cm³/mol. The van der Waals surface area contributed by atoms with Gasteiger partial charge in [0, 0.05) is 23.9 Å². The van der Waals surface area contributed by atoms with E-state index in [-0.39, 0.29) is 0 Å². The van der Waals surface area contributed by atoms with E-state index in [9.17, 15) is 0 Å². The van der Waals surface area contributed by atoms with Gasteiger partial charge in [0.15, 0.2) is 0 Å². The van der Waals surface area contributed by atoms with Gasteiger partial charge in [-0.1, -0.05) is 39.7 Å². The summed E-state index contributed by atoms with van der Waals surface area (Å²) in [6, 6.07) is 6.68.